The molecule has 3 aromatic rings. The van der Waals surface area contributed by atoms with Crippen LogP contribution < -0.4 is 0 Å². The Kier molecular flexibility index (Phi) is 6.85. The maximum atomic E-state index is 12.9. The van der Waals surface area contributed by atoms with Crippen LogP contribution in [-0.2, 0) is 28.1 Å². The molecule has 0 spiro atoms. The molecular weight excluding hydrogens is 372 g/mol. The van der Waals surface area contributed by atoms with E-state index in [9.17, 15) is 4.79 Å². The van der Waals surface area contributed by atoms with Crippen molar-refractivity contribution in [2.45, 2.75) is 23.8 Å². The van der Waals surface area contributed by atoms with Crippen LogP contribution in [0.4, 0.5) is 0 Å². The zero-order valence-electron chi connectivity index (χ0n) is 15.2. The van der Waals surface area contributed by atoms with E-state index in [0.717, 1.165) is 17.2 Å². The van der Waals surface area contributed by atoms with E-state index in [-0.39, 0.29) is 5.97 Å². The molecule has 0 saturated heterocycles. The largest absolute Gasteiger partial charge is 0.523 e. The van der Waals surface area contributed by atoms with Crippen molar-refractivity contribution in [3.63, 3.8) is 0 Å². The molecule has 3 rings (SSSR count). The Morgan fingerprint density at radius 1 is 0.741 bits per heavy atom. The van der Waals surface area contributed by atoms with E-state index in [1.807, 2.05) is 78.9 Å². The second kappa shape index (κ2) is 9.54. The van der Waals surface area contributed by atoms with Gasteiger partial charge in [0.25, 0.3) is 0 Å². The normalized spacial score (nSPS) is 11.6. The molecule has 138 valence electrons. The Hall–Kier alpha value is -2.36. The van der Waals surface area contributed by atoms with Crippen molar-refractivity contribution in [2.24, 2.45) is 0 Å². The summed E-state index contributed by atoms with van der Waals surface area (Å²) < 4.78 is 5.72. The Bertz CT molecular complexity index is 797. The number of carbonyl (C=O) groups excluding carboxylic acids is 1. The lowest BCUT2D eigenvalue weighted by atomic mass is 9.92. The van der Waals surface area contributed by atoms with E-state index >= 15 is 0 Å². The van der Waals surface area contributed by atoms with Gasteiger partial charge >= 0.3 is 5.97 Å². The minimum Gasteiger partial charge on any atom is -0.523 e. The molecule has 0 heterocycles. The van der Waals surface area contributed by atoms with Gasteiger partial charge in [-0.3, -0.25) is 4.79 Å². The van der Waals surface area contributed by atoms with Crippen molar-refractivity contribution < 1.29 is 9.22 Å². The average Bonchev–Trinajstić information content (AvgIpc) is 2.70. The molecular formula is C23H23ClO2Si. The molecule has 0 saturated carbocycles. The lowest BCUT2D eigenvalue weighted by Crippen LogP contribution is -2.40. The summed E-state index contributed by atoms with van der Waals surface area (Å²) in [5.74, 6) is -0.306. The number of hydrogen-bond acceptors (Lipinski definition) is 2. The summed E-state index contributed by atoms with van der Waals surface area (Å²) in [5.41, 5.74) is 3.26. The molecule has 0 fully saturated rings. The molecule has 0 atom stereocenters. The third kappa shape index (κ3) is 5.81. The van der Waals surface area contributed by atoms with Crippen molar-refractivity contribution in [3.05, 3.63) is 108 Å². The average molecular weight is 395 g/mol. The van der Waals surface area contributed by atoms with Gasteiger partial charge in [-0.15, -0.1) is 11.6 Å². The Labute approximate surface area is 168 Å². The van der Waals surface area contributed by atoms with E-state index < -0.39 is 14.6 Å². The summed E-state index contributed by atoms with van der Waals surface area (Å²) in [4.78, 5) is 11.9. The van der Waals surface area contributed by atoms with Crippen LogP contribution in [0.3, 0.4) is 0 Å². The fraction of sp³-hybridized carbons (Fsp3) is 0.174. The molecule has 4 heteroatoms. The topological polar surface area (TPSA) is 26.3 Å². The highest BCUT2D eigenvalue weighted by Crippen LogP contribution is 2.28. The SMILES string of the molecule is O=C(O[SiH2]Cc1ccccc1)C(Cl)(Cc1ccccc1)Cc1ccccc1. The van der Waals surface area contributed by atoms with Gasteiger partial charge in [0.15, 0.2) is 0 Å². The number of halogens is 1. The van der Waals surface area contributed by atoms with E-state index in [1.54, 1.807) is 0 Å². The van der Waals surface area contributed by atoms with Crippen LogP contribution in [0.1, 0.15) is 16.7 Å². The quantitative estimate of drug-likeness (QED) is 0.421. The first-order valence-electron chi connectivity index (χ1n) is 9.14. The van der Waals surface area contributed by atoms with Gasteiger partial charge in [-0.25, -0.2) is 0 Å². The molecule has 0 amide bonds. The highest BCUT2D eigenvalue weighted by Gasteiger charge is 2.38. The Morgan fingerprint density at radius 2 is 1.15 bits per heavy atom. The first-order chi connectivity index (χ1) is 13.2. The van der Waals surface area contributed by atoms with Crippen LogP contribution in [0, 0.1) is 0 Å². The fourth-order valence-electron chi connectivity index (χ4n) is 3.08. The van der Waals surface area contributed by atoms with Crippen LogP contribution in [0.25, 0.3) is 0 Å². The van der Waals surface area contributed by atoms with Gasteiger partial charge in [0.2, 0.25) is 9.76 Å². The Balaban J connectivity index is 1.70. The number of alkyl halides is 1. The summed E-state index contributed by atoms with van der Waals surface area (Å²) in [7, 11) is -1.03. The predicted octanol–water partition coefficient (Wildman–Crippen LogP) is 4.28. The second-order valence-corrected chi connectivity index (χ2v) is 8.58. The van der Waals surface area contributed by atoms with Gasteiger partial charge in [-0.05, 0) is 22.7 Å². The molecule has 0 unspecified atom stereocenters. The number of carbonyl (C=O) groups is 1. The molecule has 0 aliphatic carbocycles. The minimum atomic E-state index is -1.09. The van der Waals surface area contributed by atoms with Crippen LogP contribution in [0.2, 0.25) is 0 Å². The summed E-state index contributed by atoms with van der Waals surface area (Å²) >= 11 is 6.89. The molecule has 3 aromatic carbocycles. The number of benzene rings is 3. The zero-order chi connectivity index (χ0) is 19.0. The summed E-state index contributed by atoms with van der Waals surface area (Å²) in [6.07, 6.45) is 0.895. The van der Waals surface area contributed by atoms with Gasteiger partial charge in [0.1, 0.15) is 4.87 Å². The molecule has 0 aromatic heterocycles. The maximum absolute atomic E-state index is 12.9. The third-order valence-electron chi connectivity index (χ3n) is 4.49. The molecule has 0 radical (unpaired) electrons. The van der Waals surface area contributed by atoms with E-state index in [1.165, 1.54) is 5.56 Å². The van der Waals surface area contributed by atoms with Gasteiger partial charge in [0.05, 0.1) is 0 Å². The highest BCUT2D eigenvalue weighted by atomic mass is 35.5. The van der Waals surface area contributed by atoms with Crippen LogP contribution in [0.15, 0.2) is 91.0 Å². The fourth-order valence-corrected chi connectivity index (χ4v) is 4.67. The van der Waals surface area contributed by atoms with Gasteiger partial charge in [-0.2, -0.15) is 0 Å². The second-order valence-electron chi connectivity index (χ2n) is 6.66. The lowest BCUT2D eigenvalue weighted by molar-refractivity contribution is -0.137. The molecule has 0 N–H and O–H groups in total. The predicted molar refractivity (Wildman–Crippen MR) is 114 cm³/mol. The maximum Gasteiger partial charge on any atom is 0.314 e. The zero-order valence-corrected chi connectivity index (χ0v) is 17.4. The molecule has 27 heavy (non-hydrogen) atoms. The smallest absolute Gasteiger partial charge is 0.314 e. The first-order valence-corrected chi connectivity index (χ1v) is 11.1. The van der Waals surface area contributed by atoms with Gasteiger partial charge in [0, 0.05) is 12.8 Å². The molecule has 0 bridgehead atoms. The van der Waals surface area contributed by atoms with Crippen molar-refractivity contribution in [1.82, 2.24) is 0 Å². The summed E-state index contributed by atoms with van der Waals surface area (Å²) in [6.45, 7) is 0. The van der Waals surface area contributed by atoms with Crippen LogP contribution >= 0.6 is 11.6 Å². The highest BCUT2D eigenvalue weighted by molar-refractivity contribution is 6.38. The van der Waals surface area contributed by atoms with Gasteiger partial charge in [-0.1, -0.05) is 91.0 Å². The van der Waals surface area contributed by atoms with E-state index in [2.05, 4.69) is 12.1 Å². The number of hydrogen-bond donors (Lipinski definition) is 0. The lowest BCUT2D eigenvalue weighted by Gasteiger charge is -2.26. The third-order valence-corrected chi connectivity index (χ3v) is 6.16. The first kappa shape index (κ1) is 19.4. The minimum absolute atomic E-state index is 0.306. The summed E-state index contributed by atoms with van der Waals surface area (Å²) in [5, 5.41) is 0. The van der Waals surface area contributed by atoms with Crippen molar-refractivity contribution >= 4 is 27.3 Å². The standard InChI is InChI=1S/C23H23ClO2Si/c24-23(16-19-10-4-1-5-11-19,17-20-12-6-2-7-13-20)22(25)26-27-18-21-14-8-3-9-15-21/h1-15H,16-18,27H2. The van der Waals surface area contributed by atoms with Crippen molar-refractivity contribution in [3.8, 4) is 0 Å². The van der Waals surface area contributed by atoms with Crippen molar-refractivity contribution in [2.75, 3.05) is 0 Å². The molecule has 2 nitrogen and oxygen atoms in total. The van der Waals surface area contributed by atoms with E-state index in [4.69, 9.17) is 16.0 Å². The van der Waals surface area contributed by atoms with Crippen molar-refractivity contribution in [1.29, 1.82) is 0 Å². The van der Waals surface area contributed by atoms with Gasteiger partial charge < -0.3 is 4.43 Å². The number of rotatable bonds is 8. The molecule has 0 aliphatic rings. The van der Waals surface area contributed by atoms with E-state index in [0.29, 0.717) is 12.8 Å². The Morgan fingerprint density at radius 3 is 1.59 bits per heavy atom. The monoisotopic (exact) mass is 394 g/mol. The summed E-state index contributed by atoms with van der Waals surface area (Å²) in [6, 6.07) is 30.7. The van der Waals surface area contributed by atoms with Crippen LogP contribution in [0.5, 0.6) is 0 Å². The molecule has 0 aliphatic heterocycles. The van der Waals surface area contributed by atoms with Crippen LogP contribution in [-0.4, -0.2) is 20.6 Å².